The van der Waals surface area contributed by atoms with Crippen LogP contribution in [0.4, 0.5) is 0 Å². The van der Waals surface area contributed by atoms with Gasteiger partial charge >= 0.3 is 0 Å². The monoisotopic (exact) mass is 255 g/mol. The van der Waals surface area contributed by atoms with Crippen LogP contribution in [0.3, 0.4) is 0 Å². The average Bonchev–Trinajstić information content (AvgIpc) is 2.79. The van der Waals surface area contributed by atoms with Crippen molar-refractivity contribution in [2.24, 2.45) is 0 Å². The Morgan fingerprint density at radius 3 is 2.72 bits per heavy atom. The van der Waals surface area contributed by atoms with Crippen molar-refractivity contribution < 1.29 is 4.42 Å². The zero-order valence-corrected chi connectivity index (χ0v) is 10.3. The summed E-state index contributed by atoms with van der Waals surface area (Å²) in [5.74, 6) is 0.594. The zero-order chi connectivity index (χ0) is 12.4. The Balaban J connectivity index is 1.92. The summed E-state index contributed by atoms with van der Waals surface area (Å²) in [6, 6.07) is 15.3. The van der Waals surface area contributed by atoms with Crippen molar-refractivity contribution in [2.75, 3.05) is 0 Å². The van der Waals surface area contributed by atoms with Gasteiger partial charge in [-0.1, -0.05) is 35.9 Å². The van der Waals surface area contributed by atoms with Crippen LogP contribution in [-0.4, -0.2) is 4.98 Å². The Hall–Kier alpha value is -2.06. The minimum Gasteiger partial charge on any atom is -0.437 e. The van der Waals surface area contributed by atoms with Crippen molar-refractivity contribution in [3.63, 3.8) is 0 Å². The van der Waals surface area contributed by atoms with E-state index in [0.29, 0.717) is 5.89 Å². The smallest absolute Gasteiger partial charge is 0.220 e. The van der Waals surface area contributed by atoms with E-state index in [0.717, 1.165) is 21.7 Å². The molecule has 0 saturated carbocycles. The van der Waals surface area contributed by atoms with Gasteiger partial charge in [-0.15, -0.1) is 0 Å². The summed E-state index contributed by atoms with van der Waals surface area (Å²) in [7, 11) is 0. The van der Waals surface area contributed by atoms with E-state index in [1.807, 2.05) is 60.7 Å². The van der Waals surface area contributed by atoms with Gasteiger partial charge in [-0.05, 0) is 35.9 Å². The van der Waals surface area contributed by atoms with Crippen molar-refractivity contribution in [1.82, 2.24) is 4.98 Å². The van der Waals surface area contributed by atoms with Crippen LogP contribution in [0, 0.1) is 0 Å². The second-order valence-corrected chi connectivity index (χ2v) is 4.34. The fourth-order valence-electron chi connectivity index (χ4n) is 1.74. The zero-order valence-electron chi connectivity index (χ0n) is 9.51. The molecular weight excluding hydrogens is 246 g/mol. The Kier molecular flexibility index (Phi) is 2.87. The molecule has 1 aromatic heterocycles. The third kappa shape index (κ3) is 2.29. The number of fused-ring (bicyclic) bond motifs is 1. The van der Waals surface area contributed by atoms with Gasteiger partial charge in [0.25, 0.3) is 0 Å². The predicted molar refractivity (Wildman–Crippen MR) is 74.4 cm³/mol. The molecule has 0 aliphatic carbocycles. The lowest BCUT2D eigenvalue weighted by molar-refractivity contribution is 0.590. The van der Waals surface area contributed by atoms with Gasteiger partial charge in [-0.2, -0.15) is 0 Å². The van der Waals surface area contributed by atoms with Crippen LogP contribution in [0.15, 0.2) is 52.9 Å². The number of rotatable bonds is 2. The molecule has 0 saturated heterocycles. The third-order valence-corrected chi connectivity index (χ3v) is 2.81. The average molecular weight is 256 g/mol. The highest BCUT2D eigenvalue weighted by Crippen LogP contribution is 2.17. The number of halogens is 1. The van der Waals surface area contributed by atoms with Crippen molar-refractivity contribution in [2.45, 2.75) is 0 Å². The maximum absolute atomic E-state index is 5.92. The van der Waals surface area contributed by atoms with Gasteiger partial charge in [0.1, 0.15) is 5.52 Å². The Morgan fingerprint density at radius 2 is 1.89 bits per heavy atom. The normalized spacial score (nSPS) is 11.4. The van der Waals surface area contributed by atoms with Crippen LogP contribution in [0.25, 0.3) is 23.3 Å². The van der Waals surface area contributed by atoms with Crippen LogP contribution in [0.1, 0.15) is 11.5 Å². The summed E-state index contributed by atoms with van der Waals surface area (Å²) < 4.78 is 5.59. The molecule has 3 heteroatoms. The first-order valence-corrected chi connectivity index (χ1v) is 5.98. The van der Waals surface area contributed by atoms with Crippen LogP contribution < -0.4 is 0 Å². The van der Waals surface area contributed by atoms with E-state index < -0.39 is 0 Å². The quantitative estimate of drug-likeness (QED) is 0.666. The molecule has 0 atom stereocenters. The molecular formula is C15H10ClNO. The fraction of sp³-hybridized carbons (Fsp3) is 0. The van der Waals surface area contributed by atoms with Crippen molar-refractivity contribution in [3.8, 4) is 0 Å². The van der Waals surface area contributed by atoms with E-state index in [-0.39, 0.29) is 0 Å². The minimum atomic E-state index is 0.594. The van der Waals surface area contributed by atoms with E-state index in [9.17, 15) is 0 Å². The lowest BCUT2D eigenvalue weighted by atomic mass is 10.2. The molecule has 0 radical (unpaired) electrons. The number of hydrogen-bond donors (Lipinski definition) is 0. The molecule has 18 heavy (non-hydrogen) atoms. The lowest BCUT2D eigenvalue weighted by Gasteiger charge is -1.92. The molecule has 1 heterocycles. The van der Waals surface area contributed by atoms with Crippen LogP contribution >= 0.6 is 11.6 Å². The molecule has 88 valence electrons. The number of oxazole rings is 1. The maximum Gasteiger partial charge on any atom is 0.220 e. The van der Waals surface area contributed by atoms with Gasteiger partial charge in [0.15, 0.2) is 5.58 Å². The van der Waals surface area contributed by atoms with Crippen LogP contribution in [0.5, 0.6) is 0 Å². The van der Waals surface area contributed by atoms with Gasteiger partial charge in [-0.3, -0.25) is 0 Å². The first-order chi connectivity index (χ1) is 8.81. The Labute approximate surface area is 110 Å². The summed E-state index contributed by atoms with van der Waals surface area (Å²) >= 11 is 5.92. The molecule has 2 nitrogen and oxygen atoms in total. The molecule has 0 spiro atoms. The van der Waals surface area contributed by atoms with Gasteiger partial charge in [0.05, 0.1) is 0 Å². The van der Waals surface area contributed by atoms with E-state index in [4.69, 9.17) is 16.0 Å². The highest BCUT2D eigenvalue weighted by atomic mass is 35.5. The fourth-order valence-corrected chi connectivity index (χ4v) is 1.94. The van der Waals surface area contributed by atoms with Gasteiger partial charge < -0.3 is 4.42 Å². The number of hydrogen-bond acceptors (Lipinski definition) is 2. The minimum absolute atomic E-state index is 0.594. The molecule has 3 rings (SSSR count). The molecule has 0 amide bonds. The van der Waals surface area contributed by atoms with E-state index in [1.165, 1.54) is 0 Å². The van der Waals surface area contributed by atoms with Crippen molar-refractivity contribution >= 4 is 34.9 Å². The molecule has 3 aromatic rings. The highest BCUT2D eigenvalue weighted by Gasteiger charge is 2.00. The summed E-state index contributed by atoms with van der Waals surface area (Å²) in [4.78, 5) is 4.36. The Bertz CT molecular complexity index is 682. The molecule has 0 unspecified atom stereocenters. The standard InChI is InChI=1S/C15H10ClNO/c16-12-5-3-4-11(10-12)8-9-15-17-13-6-1-2-7-14(13)18-15/h1-10H/b9-8+. The van der Waals surface area contributed by atoms with E-state index in [2.05, 4.69) is 4.98 Å². The predicted octanol–water partition coefficient (Wildman–Crippen LogP) is 4.65. The topological polar surface area (TPSA) is 26.0 Å². The second kappa shape index (κ2) is 4.67. The van der Waals surface area contributed by atoms with Gasteiger partial charge in [0.2, 0.25) is 5.89 Å². The lowest BCUT2D eigenvalue weighted by Crippen LogP contribution is -1.72. The highest BCUT2D eigenvalue weighted by molar-refractivity contribution is 6.30. The van der Waals surface area contributed by atoms with Gasteiger partial charge in [0, 0.05) is 11.1 Å². The second-order valence-electron chi connectivity index (χ2n) is 3.91. The summed E-state index contributed by atoms with van der Waals surface area (Å²) in [5, 5.41) is 0.717. The Morgan fingerprint density at radius 1 is 1.00 bits per heavy atom. The first-order valence-electron chi connectivity index (χ1n) is 5.60. The summed E-state index contributed by atoms with van der Waals surface area (Å²) in [6.07, 6.45) is 3.77. The molecule has 0 bridgehead atoms. The van der Waals surface area contributed by atoms with Crippen molar-refractivity contribution in [3.05, 3.63) is 65.0 Å². The number of nitrogens with zero attached hydrogens (tertiary/aromatic N) is 1. The van der Waals surface area contributed by atoms with Crippen LogP contribution in [0.2, 0.25) is 5.02 Å². The number of benzene rings is 2. The molecule has 0 fully saturated rings. The number of para-hydroxylation sites is 2. The molecule has 0 aliphatic rings. The molecule has 0 N–H and O–H groups in total. The van der Waals surface area contributed by atoms with E-state index in [1.54, 1.807) is 0 Å². The van der Waals surface area contributed by atoms with Crippen LogP contribution in [-0.2, 0) is 0 Å². The van der Waals surface area contributed by atoms with Crippen molar-refractivity contribution in [1.29, 1.82) is 0 Å². The largest absolute Gasteiger partial charge is 0.437 e. The van der Waals surface area contributed by atoms with Gasteiger partial charge in [-0.25, -0.2) is 4.98 Å². The van der Waals surface area contributed by atoms with E-state index >= 15 is 0 Å². The number of aromatic nitrogens is 1. The third-order valence-electron chi connectivity index (χ3n) is 2.58. The molecule has 2 aromatic carbocycles. The summed E-state index contributed by atoms with van der Waals surface area (Å²) in [5.41, 5.74) is 2.68. The maximum atomic E-state index is 5.92. The molecule has 0 aliphatic heterocycles. The first kappa shape index (κ1) is 11.1. The summed E-state index contributed by atoms with van der Waals surface area (Å²) in [6.45, 7) is 0. The SMILES string of the molecule is Clc1cccc(/C=C/c2nc3ccccc3o2)c1.